The molecule has 0 aromatic rings. The van der Waals surface area contributed by atoms with E-state index in [1.165, 1.54) is 12.8 Å². The number of hydrogen-bond donors (Lipinski definition) is 1. The molecule has 1 saturated carbocycles. The van der Waals surface area contributed by atoms with Gasteiger partial charge in [0.2, 0.25) is 0 Å². The molecule has 0 heterocycles. The highest BCUT2D eigenvalue weighted by Crippen LogP contribution is 2.44. The van der Waals surface area contributed by atoms with Crippen LogP contribution in [0.2, 0.25) is 0 Å². The molecule has 1 aliphatic rings. The lowest BCUT2D eigenvalue weighted by Gasteiger charge is -2.37. The molecule has 0 amide bonds. The van der Waals surface area contributed by atoms with Crippen LogP contribution < -0.4 is 0 Å². The largest absolute Gasteiger partial charge is 0.481 e. The van der Waals surface area contributed by atoms with E-state index in [4.69, 9.17) is 0 Å². The highest BCUT2D eigenvalue weighted by atomic mass is 32.2. The Morgan fingerprint density at radius 1 is 1.33 bits per heavy atom. The zero-order valence-electron chi connectivity index (χ0n) is 11.9. The lowest BCUT2D eigenvalue weighted by atomic mass is 9.67. The molecule has 2 nitrogen and oxygen atoms in total. The van der Waals surface area contributed by atoms with Crippen LogP contribution in [0, 0.1) is 11.3 Å². The van der Waals surface area contributed by atoms with E-state index in [-0.39, 0.29) is 0 Å². The van der Waals surface area contributed by atoms with Gasteiger partial charge in [-0.05, 0) is 55.9 Å². The molecule has 0 aromatic heterocycles. The zero-order valence-corrected chi connectivity index (χ0v) is 12.7. The number of rotatable bonds is 8. The van der Waals surface area contributed by atoms with E-state index in [0.29, 0.717) is 0 Å². The van der Waals surface area contributed by atoms with Crippen molar-refractivity contribution in [1.82, 2.24) is 0 Å². The molecule has 0 spiro atoms. The highest BCUT2D eigenvalue weighted by molar-refractivity contribution is 7.99. The maximum atomic E-state index is 11.6. The van der Waals surface area contributed by atoms with Crippen LogP contribution in [-0.4, -0.2) is 22.6 Å². The summed E-state index contributed by atoms with van der Waals surface area (Å²) in [7, 11) is 0. The molecule has 1 N–H and O–H groups in total. The van der Waals surface area contributed by atoms with Crippen molar-refractivity contribution in [3.8, 4) is 0 Å². The lowest BCUT2D eigenvalue weighted by Crippen LogP contribution is -2.35. The van der Waals surface area contributed by atoms with Gasteiger partial charge in [-0.25, -0.2) is 0 Å². The van der Waals surface area contributed by atoms with Gasteiger partial charge in [0, 0.05) is 0 Å². The summed E-state index contributed by atoms with van der Waals surface area (Å²) >= 11 is 1.92. The average molecular weight is 272 g/mol. The van der Waals surface area contributed by atoms with E-state index in [1.54, 1.807) is 0 Å². The Morgan fingerprint density at radius 3 is 2.50 bits per heavy atom. The van der Waals surface area contributed by atoms with Crippen LogP contribution in [0.5, 0.6) is 0 Å². The summed E-state index contributed by atoms with van der Waals surface area (Å²) in [4.78, 5) is 11.6. The van der Waals surface area contributed by atoms with Crippen molar-refractivity contribution in [3.05, 3.63) is 0 Å². The van der Waals surface area contributed by atoms with E-state index in [2.05, 4.69) is 13.8 Å². The van der Waals surface area contributed by atoms with Crippen molar-refractivity contribution >= 4 is 17.7 Å². The minimum Gasteiger partial charge on any atom is -0.481 e. The topological polar surface area (TPSA) is 37.3 Å². The Balaban J connectivity index is 2.43. The van der Waals surface area contributed by atoms with Crippen LogP contribution in [0.3, 0.4) is 0 Å². The Hall–Kier alpha value is -0.180. The number of carboxylic acid groups (broad SMARTS) is 1. The van der Waals surface area contributed by atoms with E-state index < -0.39 is 11.4 Å². The molecule has 1 aliphatic carbocycles. The van der Waals surface area contributed by atoms with Crippen molar-refractivity contribution in [1.29, 1.82) is 0 Å². The summed E-state index contributed by atoms with van der Waals surface area (Å²) in [5.41, 5.74) is -0.390. The zero-order chi connectivity index (χ0) is 13.4. The first-order valence-corrected chi connectivity index (χ1v) is 8.61. The number of thioether (sulfide) groups is 1. The van der Waals surface area contributed by atoms with E-state index >= 15 is 0 Å². The summed E-state index contributed by atoms with van der Waals surface area (Å²) in [5, 5.41) is 9.55. The van der Waals surface area contributed by atoms with Crippen LogP contribution in [0.25, 0.3) is 0 Å². The van der Waals surface area contributed by atoms with Crippen molar-refractivity contribution in [3.63, 3.8) is 0 Å². The second-order valence-corrected chi connectivity index (χ2v) is 7.01. The van der Waals surface area contributed by atoms with Crippen LogP contribution >= 0.6 is 11.8 Å². The van der Waals surface area contributed by atoms with Crippen molar-refractivity contribution in [2.24, 2.45) is 11.3 Å². The second-order valence-electron chi connectivity index (χ2n) is 5.62. The van der Waals surface area contributed by atoms with E-state index in [1.807, 2.05) is 11.8 Å². The average Bonchev–Trinajstić information content (AvgIpc) is 2.37. The van der Waals surface area contributed by atoms with Crippen molar-refractivity contribution < 1.29 is 9.90 Å². The quantitative estimate of drug-likeness (QED) is 0.657. The number of aliphatic carboxylic acids is 1. The van der Waals surface area contributed by atoms with Crippen LogP contribution in [0.15, 0.2) is 0 Å². The number of carboxylic acids is 1. The first kappa shape index (κ1) is 15.9. The fourth-order valence-electron chi connectivity index (χ4n) is 3.15. The third kappa shape index (κ3) is 4.49. The van der Waals surface area contributed by atoms with Crippen LogP contribution in [-0.2, 0) is 4.79 Å². The van der Waals surface area contributed by atoms with Crippen LogP contribution in [0.1, 0.15) is 65.2 Å². The monoisotopic (exact) mass is 272 g/mol. The van der Waals surface area contributed by atoms with Gasteiger partial charge < -0.3 is 5.11 Å². The van der Waals surface area contributed by atoms with E-state index in [9.17, 15) is 9.90 Å². The summed E-state index contributed by atoms with van der Waals surface area (Å²) in [6.07, 6.45) is 8.52. The summed E-state index contributed by atoms with van der Waals surface area (Å²) in [6, 6.07) is 0. The molecule has 18 heavy (non-hydrogen) atoms. The molecule has 0 saturated heterocycles. The maximum Gasteiger partial charge on any atom is 0.309 e. The predicted octanol–water partition coefficient (Wildman–Crippen LogP) is 4.58. The Labute approximate surface area is 116 Å². The Bertz CT molecular complexity index is 239. The summed E-state index contributed by atoms with van der Waals surface area (Å²) < 4.78 is 0. The van der Waals surface area contributed by atoms with Crippen molar-refractivity contribution in [2.45, 2.75) is 65.2 Å². The predicted molar refractivity (Wildman–Crippen MR) is 79.2 cm³/mol. The third-order valence-electron chi connectivity index (χ3n) is 4.36. The molecular formula is C15H28O2S. The van der Waals surface area contributed by atoms with Gasteiger partial charge in [-0.15, -0.1) is 0 Å². The molecule has 106 valence electrons. The SMILES string of the molecule is CCCC1CCC(CCCSCC)(C(=O)O)CC1. The molecule has 1 rings (SSSR count). The lowest BCUT2D eigenvalue weighted by molar-refractivity contribution is -0.152. The van der Waals surface area contributed by atoms with Crippen molar-refractivity contribution in [2.75, 3.05) is 11.5 Å². The van der Waals surface area contributed by atoms with E-state index in [0.717, 1.165) is 55.9 Å². The molecule has 1 fully saturated rings. The first-order valence-electron chi connectivity index (χ1n) is 7.45. The van der Waals surface area contributed by atoms with Gasteiger partial charge in [0.25, 0.3) is 0 Å². The molecule has 0 atom stereocenters. The standard InChI is InChI=1S/C15H28O2S/c1-3-6-13-7-10-15(11-8-13,14(16)17)9-5-12-18-4-2/h13H,3-12H2,1-2H3,(H,16,17). The molecule has 3 heteroatoms. The van der Waals surface area contributed by atoms with Gasteiger partial charge in [-0.1, -0.05) is 26.7 Å². The summed E-state index contributed by atoms with van der Waals surface area (Å²) in [6.45, 7) is 4.38. The van der Waals surface area contributed by atoms with Crippen LogP contribution in [0.4, 0.5) is 0 Å². The molecule has 0 radical (unpaired) electrons. The molecule has 0 aromatic carbocycles. The Morgan fingerprint density at radius 2 is 2.00 bits per heavy atom. The normalized spacial score (nSPS) is 28.2. The Kier molecular flexibility index (Phi) is 7.13. The molecule has 0 aliphatic heterocycles. The minimum absolute atomic E-state index is 0.390. The second kappa shape index (κ2) is 8.08. The third-order valence-corrected chi connectivity index (χ3v) is 5.35. The molecule has 0 unspecified atom stereocenters. The van der Waals surface area contributed by atoms with Gasteiger partial charge in [-0.3, -0.25) is 4.79 Å². The van der Waals surface area contributed by atoms with Gasteiger partial charge in [0.1, 0.15) is 0 Å². The molecular weight excluding hydrogens is 244 g/mol. The minimum atomic E-state index is -0.543. The number of carbonyl (C=O) groups is 1. The fourth-order valence-corrected chi connectivity index (χ4v) is 3.79. The smallest absolute Gasteiger partial charge is 0.309 e. The highest BCUT2D eigenvalue weighted by Gasteiger charge is 2.40. The maximum absolute atomic E-state index is 11.6. The van der Waals surface area contributed by atoms with Gasteiger partial charge >= 0.3 is 5.97 Å². The molecule has 0 bridgehead atoms. The number of hydrogen-bond acceptors (Lipinski definition) is 2. The summed E-state index contributed by atoms with van der Waals surface area (Å²) in [5.74, 6) is 2.49. The van der Waals surface area contributed by atoms with Gasteiger partial charge in [0.15, 0.2) is 0 Å². The van der Waals surface area contributed by atoms with Gasteiger partial charge in [0.05, 0.1) is 5.41 Å². The fraction of sp³-hybridized carbons (Fsp3) is 0.933. The first-order chi connectivity index (χ1) is 8.64. The van der Waals surface area contributed by atoms with Gasteiger partial charge in [-0.2, -0.15) is 11.8 Å².